The van der Waals surface area contributed by atoms with Crippen molar-refractivity contribution in [2.45, 2.75) is 59.8 Å². The first-order valence-electron chi connectivity index (χ1n) is 12.3. The molecule has 3 heteroatoms. The molecule has 0 heterocycles. The van der Waals surface area contributed by atoms with E-state index < -0.39 is 0 Å². The Hall–Kier alpha value is -2.26. The molecule has 0 saturated heterocycles. The summed E-state index contributed by atoms with van der Waals surface area (Å²) < 4.78 is 0. The van der Waals surface area contributed by atoms with Gasteiger partial charge in [-0.3, -0.25) is 0 Å². The average Bonchev–Trinajstić information content (AvgIpc) is 2.79. The SMILES string of the molecule is C=C(S/C=C(\C)Cc1cc(C)c(N=CN(C)CC)cc1C)c1ccc2c(c1)CC1CCC1C2. The highest BCUT2D eigenvalue weighted by atomic mass is 32.2. The first-order chi connectivity index (χ1) is 15.8. The van der Waals surface area contributed by atoms with Gasteiger partial charge in [0.1, 0.15) is 0 Å². The number of hydrogen-bond donors (Lipinski definition) is 0. The predicted molar refractivity (Wildman–Crippen MR) is 147 cm³/mol. The molecule has 2 aliphatic carbocycles. The van der Waals surface area contributed by atoms with Crippen LogP contribution in [0.3, 0.4) is 0 Å². The van der Waals surface area contributed by atoms with Gasteiger partial charge in [0.2, 0.25) is 0 Å². The van der Waals surface area contributed by atoms with E-state index in [2.05, 4.69) is 79.9 Å². The van der Waals surface area contributed by atoms with Crippen LogP contribution >= 0.6 is 11.8 Å². The number of aryl methyl sites for hydroxylation is 2. The molecule has 0 aliphatic heterocycles. The third-order valence-electron chi connectivity index (χ3n) is 7.49. The second kappa shape index (κ2) is 10.3. The molecule has 2 unspecified atom stereocenters. The molecule has 2 aliphatic rings. The Labute approximate surface area is 204 Å². The van der Waals surface area contributed by atoms with Gasteiger partial charge in [-0.2, -0.15) is 0 Å². The van der Waals surface area contributed by atoms with Gasteiger partial charge in [0.15, 0.2) is 0 Å². The number of thioether (sulfide) groups is 1. The molecule has 0 amide bonds. The highest BCUT2D eigenvalue weighted by Crippen LogP contribution is 2.44. The van der Waals surface area contributed by atoms with Gasteiger partial charge in [0, 0.05) is 18.5 Å². The molecule has 2 aromatic carbocycles. The van der Waals surface area contributed by atoms with Crippen LogP contribution in [0.2, 0.25) is 0 Å². The fourth-order valence-electron chi connectivity index (χ4n) is 4.94. The molecule has 174 valence electrons. The number of benzene rings is 2. The summed E-state index contributed by atoms with van der Waals surface area (Å²) in [6.07, 6.45) is 8.29. The number of nitrogens with zero attached hydrogens (tertiary/aromatic N) is 2. The minimum atomic E-state index is 0.937. The van der Waals surface area contributed by atoms with Crippen molar-refractivity contribution >= 4 is 28.7 Å². The maximum atomic E-state index is 4.66. The average molecular weight is 459 g/mol. The smallest absolute Gasteiger partial charge is 0.0909 e. The molecule has 0 radical (unpaired) electrons. The summed E-state index contributed by atoms with van der Waals surface area (Å²) in [4.78, 5) is 7.90. The number of fused-ring (bicyclic) bond motifs is 2. The summed E-state index contributed by atoms with van der Waals surface area (Å²) in [5.41, 5.74) is 10.7. The summed E-state index contributed by atoms with van der Waals surface area (Å²) in [5, 5.41) is 2.28. The maximum absolute atomic E-state index is 4.66. The van der Waals surface area contributed by atoms with E-state index in [1.165, 1.54) is 53.5 Å². The fraction of sp³-hybridized carbons (Fsp3) is 0.433. The maximum Gasteiger partial charge on any atom is 0.0909 e. The van der Waals surface area contributed by atoms with Crippen LogP contribution in [0.5, 0.6) is 0 Å². The number of hydrogen-bond acceptors (Lipinski definition) is 2. The molecule has 0 spiro atoms. The van der Waals surface area contributed by atoms with E-state index in [1.54, 1.807) is 22.9 Å². The molecule has 2 atom stereocenters. The van der Waals surface area contributed by atoms with E-state index in [9.17, 15) is 0 Å². The van der Waals surface area contributed by atoms with Gasteiger partial charge >= 0.3 is 0 Å². The van der Waals surface area contributed by atoms with E-state index in [-0.39, 0.29) is 0 Å². The van der Waals surface area contributed by atoms with Gasteiger partial charge in [-0.05, 0) is 116 Å². The Morgan fingerprint density at radius 3 is 2.52 bits per heavy atom. The molecule has 0 aromatic heterocycles. The lowest BCUT2D eigenvalue weighted by Gasteiger charge is -2.41. The molecule has 1 saturated carbocycles. The van der Waals surface area contributed by atoms with E-state index >= 15 is 0 Å². The minimum Gasteiger partial charge on any atom is -0.366 e. The van der Waals surface area contributed by atoms with Crippen molar-refractivity contribution in [3.8, 4) is 0 Å². The van der Waals surface area contributed by atoms with Crippen molar-refractivity contribution in [3.63, 3.8) is 0 Å². The van der Waals surface area contributed by atoms with Crippen molar-refractivity contribution < 1.29 is 0 Å². The molecule has 2 aromatic rings. The Bertz CT molecular complexity index is 1090. The third-order valence-corrected chi connectivity index (χ3v) is 8.53. The summed E-state index contributed by atoms with van der Waals surface area (Å²) in [6, 6.07) is 11.5. The zero-order chi connectivity index (χ0) is 23.5. The van der Waals surface area contributed by atoms with Crippen LogP contribution in [-0.2, 0) is 19.3 Å². The van der Waals surface area contributed by atoms with Gasteiger partial charge in [0.25, 0.3) is 0 Å². The lowest BCUT2D eigenvalue weighted by molar-refractivity contribution is 0.162. The Morgan fingerprint density at radius 1 is 1.09 bits per heavy atom. The Balaban J connectivity index is 1.39. The third kappa shape index (κ3) is 5.63. The summed E-state index contributed by atoms with van der Waals surface area (Å²) in [5.74, 6) is 1.89. The highest BCUT2D eigenvalue weighted by molar-refractivity contribution is 8.10. The van der Waals surface area contributed by atoms with Crippen molar-refractivity contribution in [2.75, 3.05) is 13.6 Å². The summed E-state index contributed by atoms with van der Waals surface area (Å²) in [6.45, 7) is 14.0. The van der Waals surface area contributed by atoms with Gasteiger partial charge < -0.3 is 4.90 Å². The fourth-order valence-corrected chi connectivity index (χ4v) is 5.63. The summed E-state index contributed by atoms with van der Waals surface area (Å²) >= 11 is 1.76. The molecule has 0 N–H and O–H groups in total. The number of aliphatic imine (C=N–C) groups is 1. The van der Waals surface area contributed by atoms with Crippen molar-refractivity contribution in [2.24, 2.45) is 16.8 Å². The lowest BCUT2D eigenvalue weighted by atomic mass is 9.64. The van der Waals surface area contributed by atoms with E-state index in [0.29, 0.717) is 0 Å². The second-order valence-corrected chi connectivity index (χ2v) is 11.0. The zero-order valence-corrected chi connectivity index (χ0v) is 21.8. The molecule has 2 nitrogen and oxygen atoms in total. The molecule has 1 fully saturated rings. The monoisotopic (exact) mass is 458 g/mol. The first-order valence-corrected chi connectivity index (χ1v) is 13.2. The standard InChI is InChI=1S/C30H38N2S/c1-7-32(6)19-31-30-14-21(3)28(13-22(30)4)12-20(2)18-33-23(5)24-8-9-27-16-25-10-11-26(25)17-29(27)15-24/h8-9,13-15,18-19,25-26H,5,7,10-12,16-17H2,1-4,6H3/b20-18+,31-19?. The molecule has 0 bridgehead atoms. The second-order valence-electron chi connectivity index (χ2n) is 10.1. The van der Waals surface area contributed by atoms with Gasteiger partial charge in [-0.1, -0.05) is 48.2 Å². The molecular weight excluding hydrogens is 420 g/mol. The largest absolute Gasteiger partial charge is 0.366 e. The van der Waals surface area contributed by atoms with Crippen molar-refractivity contribution in [1.82, 2.24) is 4.90 Å². The van der Waals surface area contributed by atoms with Crippen LogP contribution in [-0.4, -0.2) is 24.8 Å². The zero-order valence-electron chi connectivity index (χ0n) is 20.9. The van der Waals surface area contributed by atoms with Gasteiger partial charge in [0.05, 0.1) is 12.0 Å². The van der Waals surface area contributed by atoms with Crippen LogP contribution in [0.4, 0.5) is 5.69 Å². The number of allylic oxidation sites excluding steroid dienone is 1. The molecule has 33 heavy (non-hydrogen) atoms. The van der Waals surface area contributed by atoms with Crippen LogP contribution < -0.4 is 0 Å². The Kier molecular flexibility index (Phi) is 7.48. The van der Waals surface area contributed by atoms with Crippen LogP contribution in [0.25, 0.3) is 4.91 Å². The van der Waals surface area contributed by atoms with E-state index in [0.717, 1.165) is 35.4 Å². The van der Waals surface area contributed by atoms with Crippen LogP contribution in [0.15, 0.2) is 52.9 Å². The van der Waals surface area contributed by atoms with E-state index in [1.807, 2.05) is 13.4 Å². The number of rotatable bonds is 8. The molecule has 4 rings (SSSR count). The first kappa shape index (κ1) is 23.9. The minimum absolute atomic E-state index is 0.937. The quantitative estimate of drug-likeness (QED) is 0.295. The van der Waals surface area contributed by atoms with Gasteiger partial charge in [-0.15, -0.1) is 0 Å². The topological polar surface area (TPSA) is 15.6 Å². The normalized spacial score (nSPS) is 19.7. The molecular formula is C30H38N2S. The van der Waals surface area contributed by atoms with Crippen molar-refractivity contribution in [1.29, 1.82) is 0 Å². The van der Waals surface area contributed by atoms with Crippen LogP contribution in [0, 0.1) is 25.7 Å². The van der Waals surface area contributed by atoms with Crippen LogP contribution in [0.1, 0.15) is 60.1 Å². The summed E-state index contributed by atoms with van der Waals surface area (Å²) in [7, 11) is 2.05. The Morgan fingerprint density at radius 2 is 1.82 bits per heavy atom. The lowest BCUT2D eigenvalue weighted by Crippen LogP contribution is -2.33. The highest BCUT2D eigenvalue weighted by Gasteiger charge is 2.35. The van der Waals surface area contributed by atoms with Crippen molar-refractivity contribution in [3.05, 3.63) is 81.3 Å². The van der Waals surface area contributed by atoms with Gasteiger partial charge in [-0.25, -0.2) is 4.99 Å². The predicted octanol–water partition coefficient (Wildman–Crippen LogP) is 7.89. The van der Waals surface area contributed by atoms with E-state index in [4.69, 9.17) is 0 Å².